The number of nitrogens with one attached hydrogen (secondary N) is 1. The molecule has 0 saturated carbocycles. The zero-order valence-corrected chi connectivity index (χ0v) is 14.0. The molecule has 1 rings (SSSR count). The van der Waals surface area contributed by atoms with Gasteiger partial charge in [0.05, 0.1) is 19.4 Å². The van der Waals surface area contributed by atoms with E-state index < -0.39 is 18.1 Å². The molecule has 0 spiro atoms. The van der Waals surface area contributed by atoms with E-state index in [1.807, 2.05) is 13.8 Å². The number of alkyl halides is 7. The Morgan fingerprint density at radius 3 is 2.23 bits per heavy atom. The molecule has 0 saturated heterocycles. The minimum atomic E-state index is -6.43. The number of ether oxygens (including phenoxy) is 2. The fourth-order valence-corrected chi connectivity index (χ4v) is 1.60. The molecule has 0 bridgehead atoms. The predicted octanol–water partition coefficient (Wildman–Crippen LogP) is 4.59. The average Bonchev–Trinajstić information content (AvgIpc) is 2.54. The maximum Gasteiger partial charge on any atom is 0.462 e. The molecule has 0 unspecified atom stereocenters. The summed E-state index contributed by atoms with van der Waals surface area (Å²) in [7, 11) is 1.32. The van der Waals surface area contributed by atoms with Crippen molar-refractivity contribution < 1.29 is 40.2 Å². The quantitative estimate of drug-likeness (QED) is 0.306. The highest BCUT2D eigenvalue weighted by molar-refractivity contribution is 5.80. The molecule has 0 aromatic heterocycles. The van der Waals surface area contributed by atoms with E-state index in [-0.39, 0.29) is 17.4 Å². The highest BCUT2D eigenvalue weighted by Crippen LogP contribution is 2.45. The van der Waals surface area contributed by atoms with Crippen molar-refractivity contribution in [2.45, 2.75) is 44.5 Å². The van der Waals surface area contributed by atoms with Crippen molar-refractivity contribution in [3.8, 4) is 11.5 Å². The van der Waals surface area contributed by atoms with Gasteiger partial charge in [0.1, 0.15) is 0 Å². The zero-order valence-electron chi connectivity index (χ0n) is 14.0. The standard InChI is InChI=1S/C15H17F7N2O2/c1-4-9(2)26-11-6-5-10(7-12(11)25-3)8-23-24-15(21,22)13(16,17)14(18,19)20/h5-9,24H,4H2,1-3H3/b23-8+/t9-/m0/s1. The van der Waals surface area contributed by atoms with Crippen LogP contribution >= 0.6 is 0 Å². The maximum absolute atomic E-state index is 13.1. The van der Waals surface area contributed by atoms with Gasteiger partial charge in [0, 0.05) is 0 Å². The zero-order chi connectivity index (χ0) is 20.2. The minimum absolute atomic E-state index is 0.108. The van der Waals surface area contributed by atoms with Crippen molar-refractivity contribution in [1.82, 2.24) is 5.43 Å². The molecule has 4 nitrogen and oxygen atoms in total. The molecule has 1 atom stereocenters. The van der Waals surface area contributed by atoms with Crippen LogP contribution in [0.1, 0.15) is 25.8 Å². The fourth-order valence-electron chi connectivity index (χ4n) is 1.60. The van der Waals surface area contributed by atoms with Gasteiger partial charge in [-0.25, -0.2) is 5.43 Å². The largest absolute Gasteiger partial charge is 0.493 e. The van der Waals surface area contributed by atoms with Gasteiger partial charge in [-0.3, -0.25) is 0 Å². The van der Waals surface area contributed by atoms with Crippen LogP contribution in [0.15, 0.2) is 23.3 Å². The lowest BCUT2D eigenvalue weighted by Crippen LogP contribution is -2.58. The number of hydrogen-bond acceptors (Lipinski definition) is 4. The molecule has 148 valence electrons. The normalized spacial score (nSPS) is 14.4. The van der Waals surface area contributed by atoms with E-state index in [2.05, 4.69) is 5.10 Å². The highest BCUT2D eigenvalue weighted by Gasteiger charge is 2.73. The first-order valence-corrected chi connectivity index (χ1v) is 7.33. The third-order valence-corrected chi connectivity index (χ3v) is 3.26. The molecular weight excluding hydrogens is 373 g/mol. The summed E-state index contributed by atoms with van der Waals surface area (Å²) in [5, 5.41) is 2.77. The molecule has 0 aliphatic heterocycles. The van der Waals surface area contributed by atoms with Crippen LogP contribution in [-0.4, -0.2) is 37.6 Å². The first-order valence-electron chi connectivity index (χ1n) is 7.33. The molecule has 11 heteroatoms. The Bertz CT molecular complexity index is 633. The number of hydrogen-bond donors (Lipinski definition) is 1. The lowest BCUT2D eigenvalue weighted by molar-refractivity contribution is -0.361. The Morgan fingerprint density at radius 1 is 1.12 bits per heavy atom. The number of methoxy groups -OCH3 is 1. The summed E-state index contributed by atoms with van der Waals surface area (Å²) in [5.74, 6) is -5.73. The average molecular weight is 390 g/mol. The Kier molecular flexibility index (Phi) is 6.72. The van der Waals surface area contributed by atoms with Crippen LogP contribution in [0.25, 0.3) is 0 Å². The summed E-state index contributed by atoms with van der Waals surface area (Å²) in [6.45, 7) is 3.70. The molecule has 0 fully saturated rings. The van der Waals surface area contributed by atoms with E-state index in [1.165, 1.54) is 25.3 Å². The van der Waals surface area contributed by atoms with Crippen LogP contribution < -0.4 is 14.9 Å². The maximum atomic E-state index is 13.1. The first-order chi connectivity index (χ1) is 11.9. The van der Waals surface area contributed by atoms with E-state index >= 15 is 0 Å². The summed E-state index contributed by atoms with van der Waals surface area (Å²) in [6, 6.07) is -1.56. The molecule has 0 amide bonds. The first kappa shape index (κ1) is 21.8. The summed E-state index contributed by atoms with van der Waals surface area (Å²) >= 11 is 0. The third kappa shape index (κ3) is 4.92. The topological polar surface area (TPSA) is 42.8 Å². The SMILES string of the molecule is CC[C@H](C)Oc1ccc(/C=N/NC(F)(F)C(F)(F)C(F)(F)F)cc1OC. The number of rotatable bonds is 8. The minimum Gasteiger partial charge on any atom is -0.493 e. The summed E-state index contributed by atoms with van der Waals surface area (Å²) in [5.41, 5.74) is 0.650. The smallest absolute Gasteiger partial charge is 0.462 e. The van der Waals surface area contributed by atoms with Crippen molar-refractivity contribution in [2.75, 3.05) is 7.11 Å². The van der Waals surface area contributed by atoms with Crippen LogP contribution in [0.4, 0.5) is 30.7 Å². The van der Waals surface area contributed by atoms with Crippen LogP contribution in [0.5, 0.6) is 11.5 Å². The molecule has 0 heterocycles. The number of hydrazone groups is 1. The Labute approximate surface area is 145 Å². The monoisotopic (exact) mass is 390 g/mol. The summed E-state index contributed by atoms with van der Waals surface area (Å²) in [6.07, 6.45) is -5.21. The Morgan fingerprint density at radius 2 is 1.73 bits per heavy atom. The predicted molar refractivity (Wildman–Crippen MR) is 80.1 cm³/mol. The lowest BCUT2D eigenvalue weighted by atomic mass is 10.2. The van der Waals surface area contributed by atoms with E-state index in [1.54, 1.807) is 0 Å². The van der Waals surface area contributed by atoms with Crippen LogP contribution in [0.3, 0.4) is 0 Å². The number of halogens is 7. The van der Waals surface area contributed by atoms with E-state index in [0.717, 1.165) is 0 Å². The van der Waals surface area contributed by atoms with Gasteiger partial charge in [-0.05, 0) is 37.1 Å². The molecular formula is C15H17F7N2O2. The molecule has 1 N–H and O–H groups in total. The summed E-state index contributed by atoms with van der Waals surface area (Å²) in [4.78, 5) is 0. The van der Waals surface area contributed by atoms with E-state index in [0.29, 0.717) is 23.8 Å². The fraction of sp³-hybridized carbons (Fsp3) is 0.533. The van der Waals surface area contributed by atoms with Crippen molar-refractivity contribution in [3.63, 3.8) is 0 Å². The highest BCUT2D eigenvalue weighted by atomic mass is 19.4. The van der Waals surface area contributed by atoms with Gasteiger partial charge >= 0.3 is 18.1 Å². The Balaban J connectivity index is 2.92. The molecule has 0 radical (unpaired) electrons. The van der Waals surface area contributed by atoms with E-state index in [9.17, 15) is 30.7 Å². The molecule has 1 aromatic rings. The van der Waals surface area contributed by atoms with Crippen molar-refractivity contribution in [1.29, 1.82) is 0 Å². The van der Waals surface area contributed by atoms with Crippen LogP contribution in [0.2, 0.25) is 0 Å². The van der Waals surface area contributed by atoms with Gasteiger partial charge in [0.25, 0.3) is 0 Å². The number of nitrogens with zero attached hydrogens (tertiary/aromatic N) is 1. The second-order valence-corrected chi connectivity index (χ2v) is 5.26. The molecule has 0 aliphatic rings. The van der Waals surface area contributed by atoms with E-state index in [4.69, 9.17) is 9.47 Å². The van der Waals surface area contributed by atoms with Crippen molar-refractivity contribution in [2.24, 2.45) is 5.10 Å². The number of benzene rings is 1. The van der Waals surface area contributed by atoms with Crippen LogP contribution in [-0.2, 0) is 0 Å². The van der Waals surface area contributed by atoms with Gasteiger partial charge < -0.3 is 9.47 Å². The molecule has 26 heavy (non-hydrogen) atoms. The second-order valence-electron chi connectivity index (χ2n) is 5.26. The lowest BCUT2D eigenvalue weighted by Gasteiger charge is -2.27. The van der Waals surface area contributed by atoms with Crippen molar-refractivity contribution >= 4 is 6.21 Å². The van der Waals surface area contributed by atoms with Gasteiger partial charge in [0.2, 0.25) is 0 Å². The third-order valence-electron chi connectivity index (χ3n) is 3.26. The second kappa shape index (κ2) is 8.00. The molecule has 0 aliphatic carbocycles. The van der Waals surface area contributed by atoms with Gasteiger partial charge in [-0.15, -0.1) is 0 Å². The van der Waals surface area contributed by atoms with Gasteiger partial charge in [-0.1, -0.05) is 6.92 Å². The van der Waals surface area contributed by atoms with Gasteiger partial charge in [-0.2, -0.15) is 35.8 Å². The van der Waals surface area contributed by atoms with Crippen molar-refractivity contribution in [3.05, 3.63) is 23.8 Å². The van der Waals surface area contributed by atoms with Crippen LogP contribution in [0, 0.1) is 0 Å². The summed E-state index contributed by atoms with van der Waals surface area (Å²) < 4.78 is 98.1. The molecule has 1 aromatic carbocycles. The van der Waals surface area contributed by atoms with Gasteiger partial charge in [0.15, 0.2) is 11.5 Å². The Hall–Kier alpha value is -2.20.